The second kappa shape index (κ2) is 16.1. The number of rotatable bonds is 13. The molecule has 6 atom stereocenters. The molecule has 278 valence electrons. The number of sulfone groups is 1. The fourth-order valence-corrected chi connectivity index (χ4v) is 8.73. The topological polar surface area (TPSA) is 141 Å². The van der Waals surface area contributed by atoms with Crippen molar-refractivity contribution in [2.75, 3.05) is 24.7 Å². The quantitative estimate of drug-likeness (QED) is 0.186. The number of fused-ring (bicyclic) bond motifs is 1. The van der Waals surface area contributed by atoms with Gasteiger partial charge in [-0.25, -0.2) is 13.4 Å². The van der Waals surface area contributed by atoms with Crippen LogP contribution in [0.3, 0.4) is 0 Å². The lowest BCUT2D eigenvalue weighted by molar-refractivity contribution is -0.133. The Bertz CT molecular complexity index is 1720. The van der Waals surface area contributed by atoms with Gasteiger partial charge in [-0.15, -0.1) is 11.3 Å². The Balaban J connectivity index is 1.42. The second-order valence-corrected chi connectivity index (χ2v) is 19.4. The number of β-amino-alcohol motifs (C(OH)–C–C–N with tert-alkyl or cyclic N) is 1. The molecule has 51 heavy (non-hydrogen) atoms. The highest BCUT2D eigenvalue weighted by atomic mass is 32.2. The zero-order valence-electron chi connectivity index (χ0n) is 30.8. The zero-order valence-corrected chi connectivity index (χ0v) is 32.4. The molecule has 1 saturated carbocycles. The number of aliphatic hydroxyl groups is 1. The van der Waals surface area contributed by atoms with Gasteiger partial charge in [0.05, 0.1) is 28.6 Å². The average Bonchev–Trinajstić information content (AvgIpc) is 3.55. The van der Waals surface area contributed by atoms with Gasteiger partial charge < -0.3 is 21.1 Å². The van der Waals surface area contributed by atoms with Crippen LogP contribution in [0.1, 0.15) is 72.3 Å². The molecule has 1 aliphatic carbocycles. The maximum Gasteiger partial charge on any atom is 0.244 e. The van der Waals surface area contributed by atoms with Gasteiger partial charge in [0.25, 0.3) is 0 Å². The van der Waals surface area contributed by atoms with Crippen LogP contribution in [0.15, 0.2) is 66.0 Å². The van der Waals surface area contributed by atoms with Crippen molar-refractivity contribution >= 4 is 38.1 Å². The minimum atomic E-state index is -3.75. The Morgan fingerprint density at radius 1 is 0.980 bits per heavy atom. The van der Waals surface area contributed by atoms with Crippen molar-refractivity contribution < 1.29 is 23.1 Å². The lowest BCUT2D eigenvalue weighted by Crippen LogP contribution is -2.62. The SMILES string of the molecule is CC(C)(C)NC(=O)[C@@H]1C[C@@H]2CCCC[C@@H]2CN1C[C@@H](O)[C@H](Cc1ccccc1)NC(=O)[C@@H](Nc1nc(-c2ccccc2)cs1)C(C)(C)S(C)(=O)=O. The molecule has 5 rings (SSSR count). The van der Waals surface area contributed by atoms with E-state index in [1.807, 2.05) is 86.8 Å². The Kier molecular flexibility index (Phi) is 12.3. The summed E-state index contributed by atoms with van der Waals surface area (Å²) < 4.78 is 24.8. The summed E-state index contributed by atoms with van der Waals surface area (Å²) in [6.07, 6.45) is 5.69. The van der Waals surface area contributed by atoms with Crippen LogP contribution < -0.4 is 16.0 Å². The van der Waals surface area contributed by atoms with Gasteiger partial charge in [-0.3, -0.25) is 14.5 Å². The maximum atomic E-state index is 14.4. The van der Waals surface area contributed by atoms with E-state index in [0.29, 0.717) is 35.6 Å². The highest BCUT2D eigenvalue weighted by Crippen LogP contribution is 2.39. The van der Waals surface area contributed by atoms with Gasteiger partial charge in [0.15, 0.2) is 15.0 Å². The summed E-state index contributed by atoms with van der Waals surface area (Å²) in [7, 11) is -3.75. The molecule has 1 aromatic heterocycles. The number of aromatic nitrogens is 1. The molecule has 12 heteroatoms. The molecule has 1 aliphatic heterocycles. The second-order valence-electron chi connectivity index (χ2n) is 16.0. The molecule has 3 aromatic rings. The van der Waals surface area contributed by atoms with Crippen LogP contribution in [0.4, 0.5) is 5.13 Å². The summed E-state index contributed by atoms with van der Waals surface area (Å²) in [5.41, 5.74) is 2.13. The smallest absolute Gasteiger partial charge is 0.244 e. The van der Waals surface area contributed by atoms with Crippen molar-refractivity contribution in [3.63, 3.8) is 0 Å². The first kappa shape index (κ1) is 38.9. The molecule has 2 aromatic carbocycles. The van der Waals surface area contributed by atoms with Crippen LogP contribution >= 0.6 is 11.3 Å². The largest absolute Gasteiger partial charge is 0.390 e. The Labute approximate surface area is 307 Å². The van der Waals surface area contributed by atoms with E-state index < -0.39 is 50.3 Å². The van der Waals surface area contributed by atoms with Crippen molar-refractivity contribution in [1.29, 1.82) is 0 Å². The summed E-state index contributed by atoms with van der Waals surface area (Å²) in [5.74, 6) is 0.325. The highest BCUT2D eigenvalue weighted by molar-refractivity contribution is 7.92. The van der Waals surface area contributed by atoms with E-state index >= 15 is 0 Å². The third-order valence-electron chi connectivity index (χ3n) is 10.6. The molecule has 2 amide bonds. The van der Waals surface area contributed by atoms with Gasteiger partial charge in [0, 0.05) is 35.8 Å². The third kappa shape index (κ3) is 9.97. The van der Waals surface area contributed by atoms with Crippen molar-refractivity contribution in [2.45, 2.75) is 108 Å². The van der Waals surface area contributed by atoms with Crippen molar-refractivity contribution in [3.8, 4) is 11.3 Å². The van der Waals surface area contributed by atoms with Gasteiger partial charge in [0.1, 0.15) is 6.04 Å². The van der Waals surface area contributed by atoms with E-state index in [2.05, 4.69) is 25.8 Å². The Morgan fingerprint density at radius 3 is 2.24 bits per heavy atom. The number of anilines is 1. The summed E-state index contributed by atoms with van der Waals surface area (Å²) in [6, 6.07) is 16.8. The first-order valence-electron chi connectivity index (χ1n) is 18.1. The van der Waals surface area contributed by atoms with Crippen LogP contribution in [-0.4, -0.2) is 89.1 Å². The molecule has 4 N–H and O–H groups in total. The Hall–Kier alpha value is -3.32. The molecule has 1 saturated heterocycles. The number of piperidine rings is 1. The zero-order chi connectivity index (χ0) is 37.0. The van der Waals surface area contributed by atoms with Gasteiger partial charge >= 0.3 is 0 Å². The highest BCUT2D eigenvalue weighted by Gasteiger charge is 2.46. The first-order chi connectivity index (χ1) is 24.0. The standard InChI is InChI=1S/C39H55N5O5S2/c1-38(2,3)43-35(46)32-22-28-19-13-14-20-29(28)23-44(32)24-33(45)30(21-26-15-9-7-10-16-26)40-36(47)34(39(4,5)51(6,48)49)42-37-41-31(25-50-37)27-17-11-8-12-18-27/h7-12,15-18,25,28-30,32-34,45H,13-14,19-24H2,1-6H3,(H,40,47)(H,41,42)(H,43,46)/t28-,29+,30-,32-,33+,34+/m0/s1. The van der Waals surface area contributed by atoms with E-state index in [9.17, 15) is 23.1 Å². The minimum absolute atomic E-state index is 0.0418. The van der Waals surface area contributed by atoms with Crippen LogP contribution in [0, 0.1) is 11.8 Å². The molecule has 0 bridgehead atoms. The van der Waals surface area contributed by atoms with Crippen molar-refractivity contribution in [3.05, 3.63) is 71.6 Å². The predicted octanol–water partition coefficient (Wildman–Crippen LogP) is 5.30. The molecular weight excluding hydrogens is 683 g/mol. The average molecular weight is 738 g/mol. The monoisotopic (exact) mass is 737 g/mol. The maximum absolute atomic E-state index is 14.4. The lowest BCUT2D eigenvalue weighted by atomic mass is 9.72. The minimum Gasteiger partial charge on any atom is -0.390 e. The fourth-order valence-electron chi connectivity index (χ4n) is 7.39. The van der Waals surface area contributed by atoms with Gasteiger partial charge in [0.2, 0.25) is 11.8 Å². The number of amides is 2. The number of hydrogen-bond donors (Lipinski definition) is 4. The lowest BCUT2D eigenvalue weighted by Gasteiger charge is -2.47. The normalized spacial score (nSPS) is 21.9. The number of nitrogens with one attached hydrogen (secondary N) is 3. The van der Waals surface area contributed by atoms with Crippen LogP contribution in [0.5, 0.6) is 0 Å². The number of nitrogens with zero attached hydrogens (tertiary/aromatic N) is 2. The fraction of sp³-hybridized carbons (Fsp3) is 0.564. The number of thiazole rings is 1. The molecule has 2 aliphatic rings. The predicted molar refractivity (Wildman–Crippen MR) is 205 cm³/mol. The first-order valence-corrected chi connectivity index (χ1v) is 20.8. The Morgan fingerprint density at radius 2 is 1.61 bits per heavy atom. The summed E-state index contributed by atoms with van der Waals surface area (Å²) >= 11 is 1.29. The number of benzene rings is 2. The van der Waals surface area contributed by atoms with Crippen molar-refractivity contribution in [1.82, 2.24) is 20.5 Å². The van der Waals surface area contributed by atoms with E-state index in [4.69, 9.17) is 0 Å². The van der Waals surface area contributed by atoms with Crippen LogP contribution in [-0.2, 0) is 25.8 Å². The van der Waals surface area contributed by atoms with E-state index in [1.54, 1.807) is 0 Å². The third-order valence-corrected chi connectivity index (χ3v) is 13.5. The van der Waals surface area contributed by atoms with Crippen LogP contribution in [0.25, 0.3) is 11.3 Å². The van der Waals surface area contributed by atoms with E-state index in [-0.39, 0.29) is 12.5 Å². The van der Waals surface area contributed by atoms with Gasteiger partial charge in [-0.2, -0.15) is 0 Å². The molecule has 0 unspecified atom stereocenters. The van der Waals surface area contributed by atoms with Crippen molar-refractivity contribution in [2.24, 2.45) is 11.8 Å². The summed E-state index contributed by atoms with van der Waals surface area (Å²) in [4.78, 5) is 34.9. The van der Waals surface area contributed by atoms with Crippen LogP contribution in [0.2, 0.25) is 0 Å². The number of aliphatic hydroxyl groups excluding tert-OH is 1. The number of likely N-dealkylation sites (tertiary alicyclic amines) is 1. The van der Waals surface area contributed by atoms with Gasteiger partial charge in [-0.05, 0) is 71.3 Å². The van der Waals surface area contributed by atoms with E-state index in [1.165, 1.54) is 38.0 Å². The number of hydrogen-bond acceptors (Lipinski definition) is 9. The van der Waals surface area contributed by atoms with E-state index in [0.717, 1.165) is 36.6 Å². The molecule has 0 radical (unpaired) electrons. The number of carbonyl (C=O) groups excluding carboxylic acids is 2. The summed E-state index contributed by atoms with van der Waals surface area (Å²) in [6.45, 7) is 9.86. The van der Waals surface area contributed by atoms with Gasteiger partial charge in [-0.1, -0.05) is 79.9 Å². The summed E-state index contributed by atoms with van der Waals surface area (Å²) in [5, 5.41) is 23.7. The molecule has 2 fully saturated rings. The molecule has 2 heterocycles. The molecular formula is C39H55N5O5S2. The number of carbonyl (C=O) groups is 2. The molecule has 10 nitrogen and oxygen atoms in total. The molecule has 0 spiro atoms.